The SMILES string of the molecule is CCN(C(=O)OC1CCC1)C(=O)OC(C)(C)C. The molecule has 0 unspecified atom stereocenters. The van der Waals surface area contributed by atoms with Crippen molar-refractivity contribution in [2.45, 2.75) is 58.7 Å². The average Bonchev–Trinajstić information content (AvgIpc) is 2.09. The Morgan fingerprint density at radius 2 is 1.82 bits per heavy atom. The molecule has 0 spiro atoms. The van der Waals surface area contributed by atoms with Gasteiger partial charge in [-0.15, -0.1) is 0 Å². The summed E-state index contributed by atoms with van der Waals surface area (Å²) in [5, 5.41) is 0. The molecule has 1 aliphatic rings. The number of nitrogens with zero attached hydrogens (tertiary/aromatic N) is 1. The number of hydrogen-bond acceptors (Lipinski definition) is 4. The molecule has 0 N–H and O–H groups in total. The highest BCUT2D eigenvalue weighted by Crippen LogP contribution is 2.23. The number of carbonyl (C=O) groups is 2. The van der Waals surface area contributed by atoms with Crippen molar-refractivity contribution in [3.8, 4) is 0 Å². The number of ether oxygens (including phenoxy) is 2. The summed E-state index contributed by atoms with van der Waals surface area (Å²) in [4.78, 5) is 24.4. The predicted octanol–water partition coefficient (Wildman–Crippen LogP) is 2.93. The van der Waals surface area contributed by atoms with E-state index in [1.165, 1.54) is 0 Å². The summed E-state index contributed by atoms with van der Waals surface area (Å²) >= 11 is 0. The van der Waals surface area contributed by atoms with Crippen molar-refractivity contribution in [2.24, 2.45) is 0 Å². The van der Waals surface area contributed by atoms with Gasteiger partial charge in [0.05, 0.1) is 0 Å². The Morgan fingerprint density at radius 3 is 2.18 bits per heavy atom. The highest BCUT2D eigenvalue weighted by atomic mass is 16.6. The van der Waals surface area contributed by atoms with Crippen LogP contribution in [0.5, 0.6) is 0 Å². The first kappa shape index (κ1) is 13.8. The van der Waals surface area contributed by atoms with Crippen molar-refractivity contribution in [3.63, 3.8) is 0 Å². The van der Waals surface area contributed by atoms with Gasteiger partial charge in [0.15, 0.2) is 0 Å². The van der Waals surface area contributed by atoms with Crippen LogP contribution in [0.1, 0.15) is 47.0 Å². The smallest absolute Gasteiger partial charge is 0.419 e. The molecule has 98 valence electrons. The maximum absolute atomic E-state index is 11.7. The van der Waals surface area contributed by atoms with E-state index >= 15 is 0 Å². The molecule has 1 saturated carbocycles. The maximum atomic E-state index is 11.7. The Kier molecular flexibility index (Phi) is 4.37. The molecule has 17 heavy (non-hydrogen) atoms. The molecule has 0 aliphatic heterocycles. The summed E-state index contributed by atoms with van der Waals surface area (Å²) < 4.78 is 10.3. The third kappa shape index (κ3) is 4.24. The number of imide groups is 1. The summed E-state index contributed by atoms with van der Waals surface area (Å²) in [6, 6.07) is 0. The fraction of sp³-hybridized carbons (Fsp3) is 0.833. The largest absolute Gasteiger partial charge is 0.446 e. The van der Waals surface area contributed by atoms with Crippen LogP contribution in [0.4, 0.5) is 9.59 Å². The Balaban J connectivity index is 2.50. The molecule has 0 aromatic rings. The maximum Gasteiger partial charge on any atom is 0.419 e. The minimum absolute atomic E-state index is 0.0287. The summed E-state index contributed by atoms with van der Waals surface area (Å²) in [5.74, 6) is 0. The van der Waals surface area contributed by atoms with Crippen LogP contribution >= 0.6 is 0 Å². The Morgan fingerprint density at radius 1 is 1.24 bits per heavy atom. The number of amides is 2. The first-order valence-corrected chi connectivity index (χ1v) is 6.04. The Bertz CT molecular complexity index is 291. The molecule has 0 heterocycles. The zero-order valence-electron chi connectivity index (χ0n) is 11.0. The second kappa shape index (κ2) is 5.38. The Labute approximate surface area is 102 Å². The van der Waals surface area contributed by atoms with Gasteiger partial charge in [-0.2, -0.15) is 0 Å². The van der Waals surface area contributed by atoms with Crippen LogP contribution in [-0.4, -0.2) is 35.3 Å². The topological polar surface area (TPSA) is 55.8 Å². The highest BCUT2D eigenvalue weighted by molar-refractivity contribution is 5.87. The lowest BCUT2D eigenvalue weighted by Crippen LogP contribution is -2.43. The first-order valence-electron chi connectivity index (χ1n) is 6.04. The Hall–Kier alpha value is -1.26. The number of hydrogen-bond donors (Lipinski definition) is 0. The third-order valence-electron chi connectivity index (χ3n) is 2.47. The van der Waals surface area contributed by atoms with Crippen molar-refractivity contribution in [1.82, 2.24) is 4.90 Å². The second-order valence-electron chi connectivity index (χ2n) is 5.16. The van der Waals surface area contributed by atoms with Crippen LogP contribution in [-0.2, 0) is 9.47 Å². The lowest BCUT2D eigenvalue weighted by atomic mass is 9.96. The van der Waals surface area contributed by atoms with Crippen molar-refractivity contribution in [3.05, 3.63) is 0 Å². The highest BCUT2D eigenvalue weighted by Gasteiger charge is 2.30. The van der Waals surface area contributed by atoms with Crippen LogP contribution in [0.2, 0.25) is 0 Å². The van der Waals surface area contributed by atoms with Gasteiger partial charge in [-0.1, -0.05) is 0 Å². The quantitative estimate of drug-likeness (QED) is 0.748. The second-order valence-corrected chi connectivity index (χ2v) is 5.16. The van der Waals surface area contributed by atoms with E-state index in [0.717, 1.165) is 24.2 Å². The number of carbonyl (C=O) groups excluding carboxylic acids is 2. The van der Waals surface area contributed by atoms with E-state index in [1.54, 1.807) is 27.7 Å². The molecule has 1 aliphatic carbocycles. The van der Waals surface area contributed by atoms with Gasteiger partial charge in [-0.05, 0) is 47.0 Å². The average molecular weight is 243 g/mol. The molecule has 0 radical (unpaired) electrons. The molecule has 1 rings (SSSR count). The lowest BCUT2D eigenvalue weighted by Gasteiger charge is -2.29. The van der Waals surface area contributed by atoms with Gasteiger partial charge in [0.2, 0.25) is 0 Å². The molecule has 0 saturated heterocycles. The van der Waals surface area contributed by atoms with Gasteiger partial charge in [-0.3, -0.25) is 0 Å². The van der Waals surface area contributed by atoms with Crippen LogP contribution < -0.4 is 0 Å². The minimum atomic E-state index is -0.649. The van der Waals surface area contributed by atoms with Crippen LogP contribution in [0.3, 0.4) is 0 Å². The predicted molar refractivity (Wildman–Crippen MR) is 62.7 cm³/mol. The van der Waals surface area contributed by atoms with E-state index in [1.807, 2.05) is 0 Å². The van der Waals surface area contributed by atoms with Gasteiger partial charge in [-0.25, -0.2) is 14.5 Å². The van der Waals surface area contributed by atoms with Crippen molar-refractivity contribution < 1.29 is 19.1 Å². The van der Waals surface area contributed by atoms with Gasteiger partial charge in [0, 0.05) is 6.54 Å². The fourth-order valence-corrected chi connectivity index (χ4v) is 1.34. The van der Waals surface area contributed by atoms with Crippen LogP contribution in [0.15, 0.2) is 0 Å². The molecule has 2 amide bonds. The van der Waals surface area contributed by atoms with Gasteiger partial charge >= 0.3 is 12.2 Å². The summed E-state index contributed by atoms with van der Waals surface area (Å²) in [6.07, 6.45) is 1.57. The van der Waals surface area contributed by atoms with Crippen molar-refractivity contribution in [1.29, 1.82) is 0 Å². The van der Waals surface area contributed by atoms with Crippen LogP contribution in [0, 0.1) is 0 Å². The normalized spacial score (nSPS) is 16.0. The zero-order valence-corrected chi connectivity index (χ0v) is 11.0. The molecule has 0 aromatic carbocycles. The zero-order chi connectivity index (χ0) is 13.1. The molecular weight excluding hydrogens is 222 g/mol. The minimum Gasteiger partial charge on any atom is -0.446 e. The van der Waals surface area contributed by atoms with Crippen molar-refractivity contribution >= 4 is 12.2 Å². The number of rotatable bonds is 2. The van der Waals surface area contributed by atoms with E-state index < -0.39 is 17.8 Å². The molecule has 5 heteroatoms. The third-order valence-corrected chi connectivity index (χ3v) is 2.47. The standard InChI is InChI=1S/C12H21NO4/c1-5-13(11(15)17-12(2,3)4)10(14)16-9-7-6-8-9/h9H,5-8H2,1-4H3. The van der Waals surface area contributed by atoms with E-state index in [-0.39, 0.29) is 12.6 Å². The van der Waals surface area contributed by atoms with Crippen molar-refractivity contribution in [2.75, 3.05) is 6.54 Å². The summed E-state index contributed by atoms with van der Waals surface area (Å²) in [7, 11) is 0. The van der Waals surface area contributed by atoms with Gasteiger partial charge < -0.3 is 9.47 Å². The van der Waals surface area contributed by atoms with E-state index in [0.29, 0.717) is 0 Å². The van der Waals surface area contributed by atoms with Gasteiger partial charge in [0.1, 0.15) is 11.7 Å². The molecule has 0 aromatic heterocycles. The van der Waals surface area contributed by atoms with E-state index in [2.05, 4.69) is 0 Å². The fourth-order valence-electron chi connectivity index (χ4n) is 1.34. The lowest BCUT2D eigenvalue weighted by molar-refractivity contribution is 0.00399. The molecular formula is C12H21NO4. The van der Waals surface area contributed by atoms with Gasteiger partial charge in [0.25, 0.3) is 0 Å². The summed E-state index contributed by atoms with van der Waals surface area (Å²) in [6.45, 7) is 7.24. The molecule has 1 fully saturated rings. The molecule has 5 nitrogen and oxygen atoms in total. The molecule has 0 atom stereocenters. The van der Waals surface area contributed by atoms with Crippen LogP contribution in [0.25, 0.3) is 0 Å². The monoisotopic (exact) mass is 243 g/mol. The summed E-state index contributed by atoms with van der Waals surface area (Å²) in [5.41, 5.74) is -0.610. The first-order chi connectivity index (χ1) is 7.83. The van der Waals surface area contributed by atoms with E-state index in [4.69, 9.17) is 9.47 Å². The van der Waals surface area contributed by atoms with E-state index in [9.17, 15) is 9.59 Å². The molecule has 0 bridgehead atoms.